The topological polar surface area (TPSA) is 58.4 Å². The highest BCUT2D eigenvalue weighted by Crippen LogP contribution is 2.39. The second kappa shape index (κ2) is 6.46. The van der Waals surface area contributed by atoms with Crippen LogP contribution in [0.3, 0.4) is 0 Å². The number of nitrogens with zero attached hydrogens (tertiary/aromatic N) is 4. The van der Waals surface area contributed by atoms with Gasteiger partial charge in [0.25, 0.3) is 5.91 Å². The number of hydrogen-bond donors (Lipinski definition) is 0. The Labute approximate surface area is 150 Å². The van der Waals surface area contributed by atoms with Gasteiger partial charge in [0.15, 0.2) is 0 Å². The molecule has 0 aromatic carbocycles. The van der Waals surface area contributed by atoms with Crippen molar-refractivity contribution in [3.05, 3.63) is 17.5 Å². The van der Waals surface area contributed by atoms with Gasteiger partial charge in [-0.1, -0.05) is 13.8 Å². The van der Waals surface area contributed by atoms with E-state index in [0.717, 1.165) is 44.5 Å². The Morgan fingerprint density at radius 2 is 2.00 bits per heavy atom. The first kappa shape index (κ1) is 18.0. The molecule has 6 nitrogen and oxygen atoms in total. The minimum Gasteiger partial charge on any atom is -0.335 e. The Morgan fingerprint density at radius 1 is 1.28 bits per heavy atom. The van der Waals surface area contributed by atoms with Gasteiger partial charge in [0.1, 0.15) is 5.69 Å². The van der Waals surface area contributed by atoms with E-state index in [1.165, 1.54) is 0 Å². The molecular formula is C19H30N4O2. The highest BCUT2D eigenvalue weighted by atomic mass is 16.2. The van der Waals surface area contributed by atoms with Gasteiger partial charge in [-0.3, -0.25) is 14.3 Å². The van der Waals surface area contributed by atoms with E-state index in [9.17, 15) is 9.59 Å². The standard InChI is InChI=1S/C19H30N4O2/c1-13(2)15-12-16(21(5)20-15)18(25)22-10-7-9-19(4)17(22)8-6-11-23(19)14(3)24/h12-13,17H,6-11H2,1-5H3/t17-,19-/m0/s1. The minimum atomic E-state index is -0.253. The van der Waals surface area contributed by atoms with Gasteiger partial charge >= 0.3 is 0 Å². The summed E-state index contributed by atoms with van der Waals surface area (Å²) in [5.74, 6) is 0.453. The van der Waals surface area contributed by atoms with Gasteiger partial charge in [0, 0.05) is 27.1 Å². The van der Waals surface area contributed by atoms with E-state index in [-0.39, 0.29) is 23.4 Å². The van der Waals surface area contributed by atoms with Crippen LogP contribution < -0.4 is 0 Å². The van der Waals surface area contributed by atoms with Crippen LogP contribution in [0, 0.1) is 0 Å². The van der Waals surface area contributed by atoms with Crippen molar-refractivity contribution in [2.75, 3.05) is 13.1 Å². The molecule has 0 saturated carbocycles. The van der Waals surface area contributed by atoms with Crippen molar-refractivity contribution < 1.29 is 9.59 Å². The predicted octanol–water partition coefficient (Wildman–Crippen LogP) is 2.55. The molecule has 2 aliphatic heterocycles. The Bertz CT molecular complexity index is 681. The monoisotopic (exact) mass is 346 g/mol. The lowest BCUT2D eigenvalue weighted by atomic mass is 9.76. The van der Waals surface area contributed by atoms with Gasteiger partial charge in [-0.2, -0.15) is 5.10 Å². The zero-order chi connectivity index (χ0) is 18.4. The summed E-state index contributed by atoms with van der Waals surface area (Å²) < 4.78 is 1.70. The molecule has 0 radical (unpaired) electrons. The first-order valence-electron chi connectivity index (χ1n) is 9.39. The van der Waals surface area contributed by atoms with Crippen molar-refractivity contribution in [2.24, 2.45) is 7.05 Å². The van der Waals surface area contributed by atoms with E-state index in [1.54, 1.807) is 11.6 Å². The lowest BCUT2D eigenvalue weighted by Crippen LogP contribution is -2.68. The van der Waals surface area contributed by atoms with Crippen LogP contribution in [0.15, 0.2) is 6.07 Å². The third-order valence-corrected chi connectivity index (χ3v) is 6.00. The van der Waals surface area contributed by atoms with Crippen molar-refractivity contribution in [1.82, 2.24) is 19.6 Å². The lowest BCUT2D eigenvalue weighted by molar-refractivity contribution is -0.143. The van der Waals surface area contributed by atoms with Crippen LogP contribution in [0.1, 0.15) is 75.5 Å². The van der Waals surface area contributed by atoms with Crippen molar-refractivity contribution in [3.8, 4) is 0 Å². The number of amides is 2. The molecular weight excluding hydrogens is 316 g/mol. The Hall–Kier alpha value is -1.85. The molecule has 2 aliphatic rings. The summed E-state index contributed by atoms with van der Waals surface area (Å²) in [5, 5.41) is 4.50. The highest BCUT2D eigenvalue weighted by molar-refractivity contribution is 5.93. The first-order valence-corrected chi connectivity index (χ1v) is 9.39. The summed E-state index contributed by atoms with van der Waals surface area (Å²) >= 11 is 0. The van der Waals surface area contributed by atoms with Gasteiger partial charge in [-0.15, -0.1) is 0 Å². The van der Waals surface area contributed by atoms with Crippen LogP contribution in [0.2, 0.25) is 0 Å². The number of aromatic nitrogens is 2. The molecule has 2 atom stereocenters. The minimum absolute atomic E-state index is 0.0447. The maximum absolute atomic E-state index is 13.3. The molecule has 1 aromatic rings. The summed E-state index contributed by atoms with van der Waals surface area (Å²) in [6.07, 6.45) is 3.80. The number of carbonyl (C=O) groups excluding carboxylic acids is 2. The molecule has 3 heterocycles. The van der Waals surface area contributed by atoms with Crippen LogP contribution in [0.25, 0.3) is 0 Å². The van der Waals surface area contributed by atoms with Crippen molar-refractivity contribution in [3.63, 3.8) is 0 Å². The summed E-state index contributed by atoms with van der Waals surface area (Å²) in [4.78, 5) is 29.4. The summed E-state index contributed by atoms with van der Waals surface area (Å²) in [6, 6.07) is 2.01. The number of piperidine rings is 2. The third-order valence-electron chi connectivity index (χ3n) is 6.00. The van der Waals surface area contributed by atoms with E-state index >= 15 is 0 Å². The second-order valence-electron chi connectivity index (χ2n) is 8.02. The third kappa shape index (κ3) is 2.96. The zero-order valence-electron chi connectivity index (χ0n) is 16.1. The first-order chi connectivity index (χ1) is 11.8. The van der Waals surface area contributed by atoms with Crippen LogP contribution in [0.4, 0.5) is 0 Å². The van der Waals surface area contributed by atoms with Gasteiger partial charge in [0.2, 0.25) is 5.91 Å². The van der Waals surface area contributed by atoms with Gasteiger partial charge in [0.05, 0.1) is 17.3 Å². The Balaban J connectivity index is 1.92. The Kier molecular flexibility index (Phi) is 4.64. The van der Waals surface area contributed by atoms with E-state index < -0.39 is 0 Å². The Morgan fingerprint density at radius 3 is 2.60 bits per heavy atom. The molecule has 0 spiro atoms. The van der Waals surface area contributed by atoms with Gasteiger partial charge in [-0.25, -0.2) is 0 Å². The second-order valence-corrected chi connectivity index (χ2v) is 8.02. The molecule has 2 fully saturated rings. The number of carbonyl (C=O) groups is 2. The van der Waals surface area contributed by atoms with Crippen molar-refractivity contribution in [2.45, 2.75) is 70.9 Å². The van der Waals surface area contributed by atoms with Gasteiger partial charge < -0.3 is 9.80 Å². The molecule has 1 aromatic heterocycles. The number of hydrogen-bond acceptors (Lipinski definition) is 3. The normalized spacial score (nSPS) is 26.7. The fourth-order valence-electron chi connectivity index (χ4n) is 4.62. The molecule has 25 heavy (non-hydrogen) atoms. The summed E-state index contributed by atoms with van der Waals surface area (Å²) in [7, 11) is 1.84. The largest absolute Gasteiger partial charge is 0.335 e. The van der Waals surface area contributed by atoms with Crippen LogP contribution in [-0.4, -0.2) is 56.1 Å². The van der Waals surface area contributed by atoms with E-state index in [2.05, 4.69) is 25.9 Å². The smallest absolute Gasteiger partial charge is 0.272 e. The SMILES string of the molecule is CC(=O)N1CCC[C@@H]2N(C(=O)c3cc(C(C)C)nn3C)CCC[C@@]21C. The molecule has 2 saturated heterocycles. The van der Waals surface area contributed by atoms with E-state index in [0.29, 0.717) is 11.6 Å². The molecule has 0 bridgehead atoms. The fraction of sp³-hybridized carbons (Fsp3) is 0.737. The number of likely N-dealkylation sites (tertiary alicyclic amines) is 2. The lowest BCUT2D eigenvalue weighted by Gasteiger charge is -2.56. The van der Waals surface area contributed by atoms with Gasteiger partial charge in [-0.05, 0) is 44.6 Å². The quantitative estimate of drug-likeness (QED) is 0.827. The molecule has 0 N–H and O–H groups in total. The average molecular weight is 346 g/mol. The number of rotatable bonds is 2. The summed E-state index contributed by atoms with van der Waals surface area (Å²) in [6.45, 7) is 9.52. The van der Waals surface area contributed by atoms with Crippen LogP contribution in [-0.2, 0) is 11.8 Å². The van der Waals surface area contributed by atoms with Crippen LogP contribution >= 0.6 is 0 Å². The molecule has 3 rings (SSSR count). The highest BCUT2D eigenvalue weighted by Gasteiger charge is 2.49. The summed E-state index contributed by atoms with van der Waals surface area (Å²) in [5.41, 5.74) is 1.34. The molecule has 138 valence electrons. The number of aryl methyl sites for hydroxylation is 1. The molecule has 0 unspecified atom stereocenters. The average Bonchev–Trinajstić information content (AvgIpc) is 2.94. The predicted molar refractivity (Wildman–Crippen MR) is 96.4 cm³/mol. The number of fused-ring (bicyclic) bond motifs is 1. The zero-order valence-corrected chi connectivity index (χ0v) is 16.1. The maximum atomic E-state index is 13.3. The van der Waals surface area contributed by atoms with Crippen molar-refractivity contribution >= 4 is 11.8 Å². The van der Waals surface area contributed by atoms with Crippen molar-refractivity contribution in [1.29, 1.82) is 0 Å². The maximum Gasteiger partial charge on any atom is 0.272 e. The van der Waals surface area contributed by atoms with Crippen LogP contribution in [0.5, 0.6) is 0 Å². The fourth-order valence-corrected chi connectivity index (χ4v) is 4.62. The van der Waals surface area contributed by atoms with E-state index in [4.69, 9.17) is 0 Å². The molecule has 2 amide bonds. The molecule has 0 aliphatic carbocycles. The molecule has 6 heteroatoms. The van der Waals surface area contributed by atoms with E-state index in [1.807, 2.05) is 22.9 Å².